The van der Waals surface area contributed by atoms with Gasteiger partial charge >= 0.3 is 5.97 Å². The highest BCUT2D eigenvalue weighted by atomic mass is 32.2. The summed E-state index contributed by atoms with van der Waals surface area (Å²) in [5, 5.41) is 23.5. The minimum atomic E-state index is -3.03. The lowest BCUT2D eigenvalue weighted by molar-refractivity contribution is -0.143. The molecule has 3 rings (SSSR count). The van der Waals surface area contributed by atoms with E-state index in [0.717, 1.165) is 5.56 Å². The van der Waals surface area contributed by atoms with Gasteiger partial charge in [0.1, 0.15) is 5.82 Å². The summed E-state index contributed by atoms with van der Waals surface area (Å²) >= 11 is 0. The van der Waals surface area contributed by atoms with Gasteiger partial charge in [0, 0.05) is 31.5 Å². The summed E-state index contributed by atoms with van der Waals surface area (Å²) in [6.45, 7) is 4.84. The number of aromatic nitrogens is 5. The van der Waals surface area contributed by atoms with Crippen molar-refractivity contribution in [3.05, 3.63) is 29.7 Å². The topological polar surface area (TPSA) is 142 Å². The Hall–Kier alpha value is -2.56. The van der Waals surface area contributed by atoms with Crippen molar-refractivity contribution in [3.8, 4) is 0 Å². The molecule has 11 heteroatoms. The van der Waals surface area contributed by atoms with Gasteiger partial charge in [-0.25, -0.2) is 13.4 Å². The summed E-state index contributed by atoms with van der Waals surface area (Å²) in [7, 11) is -3.03. The van der Waals surface area contributed by atoms with Crippen LogP contribution in [0.3, 0.4) is 0 Å². The fraction of sp³-hybridized carbons (Fsp3) is 0.611. The summed E-state index contributed by atoms with van der Waals surface area (Å²) in [6.07, 6.45) is 3.87. The van der Waals surface area contributed by atoms with Crippen molar-refractivity contribution in [2.24, 2.45) is 11.8 Å². The number of hydrogen-bond donors (Lipinski definition) is 2. The number of pyridine rings is 1. The van der Waals surface area contributed by atoms with Gasteiger partial charge in [-0.2, -0.15) is 5.21 Å². The lowest BCUT2D eigenvalue weighted by Gasteiger charge is -2.38. The molecule has 0 saturated carbocycles. The van der Waals surface area contributed by atoms with Crippen LogP contribution in [0.2, 0.25) is 0 Å². The first-order valence-corrected chi connectivity index (χ1v) is 11.5. The van der Waals surface area contributed by atoms with Crippen molar-refractivity contribution in [2.45, 2.75) is 37.9 Å². The predicted molar refractivity (Wildman–Crippen MR) is 106 cm³/mol. The molecule has 1 aliphatic rings. The van der Waals surface area contributed by atoms with E-state index in [1.807, 2.05) is 30.9 Å². The highest BCUT2D eigenvalue weighted by Crippen LogP contribution is 2.31. The molecule has 0 bridgehead atoms. The Labute approximate surface area is 169 Å². The number of carbonyl (C=O) groups is 1. The maximum atomic E-state index is 11.9. The molecule has 3 heterocycles. The summed E-state index contributed by atoms with van der Waals surface area (Å²) in [6, 6.07) is 3.72. The van der Waals surface area contributed by atoms with Crippen molar-refractivity contribution in [1.29, 1.82) is 0 Å². The van der Waals surface area contributed by atoms with E-state index in [-0.39, 0.29) is 11.2 Å². The van der Waals surface area contributed by atoms with E-state index < -0.39 is 27.6 Å². The molecule has 0 aromatic carbocycles. The van der Waals surface area contributed by atoms with Gasteiger partial charge in [-0.1, -0.05) is 25.1 Å². The second kappa shape index (κ2) is 8.44. The number of aromatic amines is 1. The van der Waals surface area contributed by atoms with Gasteiger partial charge in [0.15, 0.2) is 15.7 Å². The number of nitrogens with one attached hydrogen (secondary N) is 1. The van der Waals surface area contributed by atoms with Crippen LogP contribution < -0.4 is 4.90 Å². The summed E-state index contributed by atoms with van der Waals surface area (Å²) < 4.78 is 23.1. The van der Waals surface area contributed by atoms with Crippen molar-refractivity contribution in [1.82, 2.24) is 25.6 Å². The predicted octanol–water partition coefficient (Wildman–Crippen LogP) is 0.901. The molecule has 10 nitrogen and oxygen atoms in total. The first-order valence-electron chi connectivity index (χ1n) is 9.50. The first-order chi connectivity index (χ1) is 13.6. The van der Waals surface area contributed by atoms with Crippen LogP contribution in [0, 0.1) is 11.8 Å². The molecular formula is C18H26N6O4S. The quantitative estimate of drug-likeness (QED) is 0.602. The number of tetrazole rings is 1. The number of aliphatic carboxylic acids is 1. The van der Waals surface area contributed by atoms with Gasteiger partial charge in [0.2, 0.25) is 0 Å². The zero-order chi connectivity index (χ0) is 21.2. The number of hydrogen-bond acceptors (Lipinski definition) is 8. The molecule has 2 aromatic rings. The average Bonchev–Trinajstić information content (AvgIpc) is 3.10. The molecule has 0 spiro atoms. The van der Waals surface area contributed by atoms with Gasteiger partial charge in [-0.3, -0.25) is 4.79 Å². The maximum absolute atomic E-state index is 11.9. The fourth-order valence-corrected chi connectivity index (χ4v) is 4.46. The number of sulfone groups is 1. The van der Waals surface area contributed by atoms with E-state index in [4.69, 9.17) is 0 Å². The van der Waals surface area contributed by atoms with Crippen LogP contribution in [0.1, 0.15) is 37.6 Å². The number of carboxylic acid groups (broad SMARTS) is 1. The molecule has 29 heavy (non-hydrogen) atoms. The maximum Gasteiger partial charge on any atom is 0.307 e. The van der Waals surface area contributed by atoms with Gasteiger partial charge in [0.25, 0.3) is 0 Å². The molecule has 0 unspecified atom stereocenters. The Morgan fingerprint density at radius 1 is 1.34 bits per heavy atom. The van der Waals surface area contributed by atoms with Crippen LogP contribution in [0.4, 0.5) is 5.82 Å². The number of carboxylic acids is 1. The van der Waals surface area contributed by atoms with Gasteiger partial charge in [-0.05, 0) is 30.4 Å². The largest absolute Gasteiger partial charge is 0.481 e. The van der Waals surface area contributed by atoms with Crippen molar-refractivity contribution >= 4 is 21.6 Å². The van der Waals surface area contributed by atoms with E-state index in [2.05, 4.69) is 25.6 Å². The number of H-pyrrole nitrogens is 1. The third-order valence-corrected chi connectivity index (χ3v) is 6.77. The van der Waals surface area contributed by atoms with Gasteiger partial charge in [0.05, 0.1) is 11.2 Å². The molecule has 2 atom stereocenters. The molecule has 0 radical (unpaired) electrons. The molecule has 158 valence electrons. The smallest absolute Gasteiger partial charge is 0.307 e. The number of nitrogens with zero attached hydrogens (tertiary/aromatic N) is 5. The van der Waals surface area contributed by atoms with Crippen molar-refractivity contribution < 1.29 is 18.3 Å². The molecule has 1 fully saturated rings. The van der Waals surface area contributed by atoms with Crippen LogP contribution in [-0.4, -0.2) is 69.7 Å². The minimum absolute atomic E-state index is 0.209. The van der Waals surface area contributed by atoms with Crippen LogP contribution in [0.15, 0.2) is 18.3 Å². The molecule has 0 aliphatic carbocycles. The zero-order valence-corrected chi connectivity index (χ0v) is 17.5. The molecule has 2 N–H and O–H groups in total. The fourth-order valence-electron chi connectivity index (χ4n) is 3.56. The summed E-state index contributed by atoms with van der Waals surface area (Å²) in [5.74, 6) is -0.661. The lowest BCUT2D eigenvalue weighted by Crippen LogP contribution is -2.54. The lowest BCUT2D eigenvalue weighted by atomic mass is 9.81. The van der Waals surface area contributed by atoms with E-state index in [1.165, 1.54) is 6.26 Å². The van der Waals surface area contributed by atoms with Gasteiger partial charge < -0.3 is 10.0 Å². The normalized spacial score (nSPS) is 17.2. The van der Waals surface area contributed by atoms with Crippen LogP contribution in [-0.2, 0) is 21.1 Å². The third kappa shape index (κ3) is 5.08. The second-order valence-corrected chi connectivity index (χ2v) is 10.4. The summed E-state index contributed by atoms with van der Waals surface area (Å²) in [4.78, 5) is 18.2. The standard InChI is InChI=1S/C18H26N6O4S/c1-11(2)6-15(18(25)26)14(17-20-22-23-21-17)7-12-4-5-16(19-8-12)24-9-13(10-24)29(3,27)28/h4-5,8,11,13-15H,6-7,9-10H2,1-3H3,(H,25,26)(H,20,21,22,23)/t14-,15-/m0/s1. The van der Waals surface area contributed by atoms with Crippen LogP contribution in [0.5, 0.6) is 0 Å². The molecule has 1 saturated heterocycles. The minimum Gasteiger partial charge on any atom is -0.481 e. The number of anilines is 1. The monoisotopic (exact) mass is 422 g/mol. The number of rotatable bonds is 9. The van der Waals surface area contributed by atoms with Crippen LogP contribution in [0.25, 0.3) is 0 Å². The molecule has 1 aliphatic heterocycles. The van der Waals surface area contributed by atoms with Crippen molar-refractivity contribution in [2.75, 3.05) is 24.2 Å². The Kier molecular flexibility index (Phi) is 6.15. The zero-order valence-electron chi connectivity index (χ0n) is 16.7. The van der Waals surface area contributed by atoms with E-state index in [0.29, 0.717) is 37.6 Å². The highest BCUT2D eigenvalue weighted by Gasteiger charge is 2.36. The average molecular weight is 423 g/mol. The second-order valence-electron chi connectivity index (χ2n) is 8.04. The third-order valence-electron chi connectivity index (χ3n) is 5.26. The van der Waals surface area contributed by atoms with Crippen molar-refractivity contribution in [3.63, 3.8) is 0 Å². The molecule has 0 amide bonds. The van der Waals surface area contributed by atoms with Gasteiger partial charge in [-0.15, -0.1) is 10.2 Å². The Bertz CT molecular complexity index is 924. The van der Waals surface area contributed by atoms with E-state index in [1.54, 1.807) is 6.20 Å². The van der Waals surface area contributed by atoms with E-state index in [9.17, 15) is 18.3 Å². The molecular weight excluding hydrogens is 396 g/mol. The first kappa shape index (κ1) is 21.2. The van der Waals surface area contributed by atoms with Crippen LogP contribution >= 0.6 is 0 Å². The summed E-state index contributed by atoms with van der Waals surface area (Å²) in [5.41, 5.74) is 0.860. The SMILES string of the molecule is CC(C)C[C@H](C(=O)O)[C@H](Cc1ccc(N2CC(S(C)(=O)=O)C2)nc1)c1nn[nH]n1. The van der Waals surface area contributed by atoms with E-state index >= 15 is 0 Å². The Morgan fingerprint density at radius 2 is 2.07 bits per heavy atom. The Morgan fingerprint density at radius 3 is 2.55 bits per heavy atom. The highest BCUT2D eigenvalue weighted by molar-refractivity contribution is 7.91. The molecule has 2 aromatic heterocycles. The Balaban J connectivity index is 1.74.